The zero-order valence-corrected chi connectivity index (χ0v) is 11.4. The van der Waals surface area contributed by atoms with Crippen molar-refractivity contribution in [3.63, 3.8) is 0 Å². The van der Waals surface area contributed by atoms with Gasteiger partial charge in [0.05, 0.1) is 11.3 Å². The Labute approximate surface area is 112 Å². The van der Waals surface area contributed by atoms with Crippen LogP contribution in [0.5, 0.6) is 0 Å². The molecule has 0 saturated heterocycles. The van der Waals surface area contributed by atoms with E-state index in [1.165, 1.54) is 10.4 Å². The smallest absolute Gasteiger partial charge is 0.299 e. The summed E-state index contributed by atoms with van der Waals surface area (Å²) in [6, 6.07) is 5.19. The predicted molar refractivity (Wildman–Crippen MR) is 70.4 cm³/mol. The molecule has 0 spiro atoms. The van der Waals surface area contributed by atoms with Crippen molar-refractivity contribution in [2.45, 2.75) is 6.92 Å². The maximum atomic E-state index is 11.9. The van der Waals surface area contributed by atoms with Crippen molar-refractivity contribution < 1.29 is 9.59 Å². The highest BCUT2D eigenvalue weighted by Gasteiger charge is 2.36. The Bertz CT molecular complexity index is 539. The molecule has 0 aliphatic carbocycles. The molecule has 17 heavy (non-hydrogen) atoms. The summed E-state index contributed by atoms with van der Waals surface area (Å²) in [5, 5.41) is 0. The largest absolute Gasteiger partial charge is 0.299 e. The van der Waals surface area contributed by atoms with E-state index in [0.717, 1.165) is 10.0 Å². The Balaban J connectivity index is 2.50. The molecule has 0 fully saturated rings. The van der Waals surface area contributed by atoms with E-state index in [1.807, 2.05) is 0 Å². The first kappa shape index (κ1) is 12.3. The van der Waals surface area contributed by atoms with E-state index in [9.17, 15) is 9.59 Å². The number of benzene rings is 1. The third-order valence-electron chi connectivity index (χ3n) is 2.53. The molecule has 2 rings (SSSR count). The number of fused-ring (bicyclic) bond motifs is 1. The van der Waals surface area contributed by atoms with Crippen molar-refractivity contribution in [1.29, 1.82) is 0 Å². The van der Waals surface area contributed by atoms with Gasteiger partial charge in [0.2, 0.25) is 0 Å². The fourth-order valence-electron chi connectivity index (χ4n) is 1.75. The number of halogens is 2. The van der Waals surface area contributed by atoms with E-state index in [4.69, 9.17) is 11.6 Å². The van der Waals surface area contributed by atoms with Gasteiger partial charge in [-0.2, -0.15) is 0 Å². The van der Waals surface area contributed by atoms with Crippen molar-refractivity contribution in [1.82, 2.24) is 0 Å². The first-order valence-corrected chi connectivity index (χ1v) is 6.19. The molecule has 0 unspecified atom stereocenters. The van der Waals surface area contributed by atoms with Gasteiger partial charge in [-0.25, -0.2) is 0 Å². The number of carbonyl (C=O) groups is 2. The van der Waals surface area contributed by atoms with E-state index in [0.29, 0.717) is 17.8 Å². The number of rotatable bonds is 2. The van der Waals surface area contributed by atoms with Gasteiger partial charge in [-0.15, -0.1) is 0 Å². The van der Waals surface area contributed by atoms with Gasteiger partial charge >= 0.3 is 0 Å². The monoisotopic (exact) mass is 313 g/mol. The van der Waals surface area contributed by atoms with E-state index in [1.54, 1.807) is 25.1 Å². The first-order valence-electron chi connectivity index (χ1n) is 4.97. The second-order valence-electron chi connectivity index (χ2n) is 3.81. The standard InChI is InChI=1S/C12H9BrClNO2/c1-7(5-14)6-15-10-8(11(16)12(15)17)3-2-4-9(10)13/h2-5H,6H2,1H3/b7-5-. The molecular weight excluding hydrogens is 305 g/mol. The van der Waals surface area contributed by atoms with E-state index >= 15 is 0 Å². The number of nitrogens with zero attached hydrogens (tertiary/aromatic N) is 1. The maximum Gasteiger partial charge on any atom is 0.299 e. The highest BCUT2D eigenvalue weighted by molar-refractivity contribution is 9.10. The van der Waals surface area contributed by atoms with Crippen molar-refractivity contribution in [2.75, 3.05) is 11.4 Å². The number of para-hydroxylation sites is 1. The zero-order valence-electron chi connectivity index (χ0n) is 9.04. The van der Waals surface area contributed by atoms with Crippen LogP contribution in [0, 0.1) is 0 Å². The van der Waals surface area contributed by atoms with Crippen LogP contribution in [0.15, 0.2) is 33.8 Å². The molecule has 88 valence electrons. The molecule has 0 atom stereocenters. The Kier molecular flexibility index (Phi) is 3.35. The van der Waals surface area contributed by atoms with Crippen LogP contribution in [0.3, 0.4) is 0 Å². The van der Waals surface area contributed by atoms with Gasteiger partial charge in [0, 0.05) is 16.6 Å². The van der Waals surface area contributed by atoms with Crippen LogP contribution in [0.1, 0.15) is 17.3 Å². The van der Waals surface area contributed by atoms with Crippen molar-refractivity contribution in [3.8, 4) is 0 Å². The summed E-state index contributed by atoms with van der Waals surface area (Å²) in [5.41, 5.74) is 3.29. The summed E-state index contributed by atoms with van der Waals surface area (Å²) in [6.07, 6.45) is 0. The van der Waals surface area contributed by atoms with Crippen molar-refractivity contribution in [2.24, 2.45) is 0 Å². The minimum absolute atomic E-state index is 0.323. The number of anilines is 1. The van der Waals surface area contributed by atoms with Crippen LogP contribution >= 0.6 is 27.5 Å². The van der Waals surface area contributed by atoms with Crippen LogP contribution in [0.25, 0.3) is 0 Å². The average Bonchev–Trinajstić information content (AvgIpc) is 2.56. The minimum Gasteiger partial charge on any atom is -0.299 e. The third-order valence-corrected chi connectivity index (χ3v) is 3.55. The van der Waals surface area contributed by atoms with Crippen molar-refractivity contribution in [3.05, 3.63) is 39.3 Å². The van der Waals surface area contributed by atoms with Gasteiger partial charge in [-0.1, -0.05) is 17.7 Å². The van der Waals surface area contributed by atoms with Gasteiger partial charge in [-0.05, 0) is 40.6 Å². The maximum absolute atomic E-state index is 11.9. The molecule has 3 nitrogen and oxygen atoms in total. The average molecular weight is 315 g/mol. The molecular formula is C12H9BrClNO2. The van der Waals surface area contributed by atoms with E-state index < -0.39 is 11.7 Å². The molecule has 0 bridgehead atoms. The van der Waals surface area contributed by atoms with E-state index in [2.05, 4.69) is 15.9 Å². The normalized spacial score (nSPS) is 15.5. The zero-order chi connectivity index (χ0) is 12.6. The Hall–Kier alpha value is -1.13. The number of ketones is 1. The second-order valence-corrected chi connectivity index (χ2v) is 4.88. The third kappa shape index (κ3) is 2.03. The molecule has 0 N–H and O–H groups in total. The fourth-order valence-corrected chi connectivity index (χ4v) is 2.40. The summed E-state index contributed by atoms with van der Waals surface area (Å²) >= 11 is 8.94. The highest BCUT2D eigenvalue weighted by atomic mass is 79.9. The van der Waals surface area contributed by atoms with Crippen LogP contribution in [-0.4, -0.2) is 18.2 Å². The Morgan fingerprint density at radius 1 is 1.47 bits per heavy atom. The molecule has 1 aliphatic heterocycles. The van der Waals surface area contributed by atoms with Gasteiger partial charge in [0.25, 0.3) is 11.7 Å². The lowest BCUT2D eigenvalue weighted by molar-refractivity contribution is -0.114. The van der Waals surface area contributed by atoms with Gasteiger partial charge in [0.1, 0.15) is 0 Å². The molecule has 1 heterocycles. The number of amides is 1. The summed E-state index contributed by atoms with van der Waals surface area (Å²) in [5.74, 6) is -0.978. The quantitative estimate of drug-likeness (QED) is 0.787. The lowest BCUT2D eigenvalue weighted by Crippen LogP contribution is -2.31. The first-order chi connectivity index (χ1) is 8.06. The lowest BCUT2D eigenvalue weighted by Gasteiger charge is -2.17. The Morgan fingerprint density at radius 3 is 2.82 bits per heavy atom. The van der Waals surface area contributed by atoms with Crippen LogP contribution < -0.4 is 4.90 Å². The highest BCUT2D eigenvalue weighted by Crippen LogP contribution is 2.36. The number of hydrogen-bond acceptors (Lipinski definition) is 2. The number of hydrogen-bond donors (Lipinski definition) is 0. The summed E-state index contributed by atoms with van der Waals surface area (Å²) in [6.45, 7) is 2.13. The van der Waals surface area contributed by atoms with Crippen molar-refractivity contribution >= 4 is 44.9 Å². The number of Topliss-reactive ketones (excluding diaryl/α,β-unsaturated/α-hetero) is 1. The molecule has 0 saturated carbocycles. The van der Waals surface area contributed by atoms with Crippen LogP contribution in [0.4, 0.5) is 5.69 Å². The summed E-state index contributed by atoms with van der Waals surface area (Å²) in [7, 11) is 0. The fraction of sp³-hybridized carbons (Fsp3) is 0.167. The molecule has 0 aromatic heterocycles. The predicted octanol–water partition coefficient (Wildman–Crippen LogP) is 3.12. The molecule has 1 aromatic carbocycles. The van der Waals surface area contributed by atoms with Crippen LogP contribution in [0.2, 0.25) is 0 Å². The second kappa shape index (κ2) is 4.63. The van der Waals surface area contributed by atoms with E-state index in [-0.39, 0.29) is 0 Å². The van der Waals surface area contributed by atoms with Gasteiger partial charge < -0.3 is 0 Å². The molecule has 1 aliphatic rings. The lowest BCUT2D eigenvalue weighted by atomic mass is 10.1. The summed E-state index contributed by atoms with van der Waals surface area (Å²) in [4.78, 5) is 25.1. The topological polar surface area (TPSA) is 37.4 Å². The van der Waals surface area contributed by atoms with Gasteiger partial charge in [0.15, 0.2) is 0 Å². The molecule has 5 heteroatoms. The summed E-state index contributed by atoms with van der Waals surface area (Å²) < 4.78 is 0.733. The van der Waals surface area contributed by atoms with Crippen LogP contribution in [-0.2, 0) is 4.79 Å². The Morgan fingerprint density at radius 2 is 2.18 bits per heavy atom. The minimum atomic E-state index is -0.509. The number of carbonyl (C=O) groups excluding carboxylic acids is 2. The molecule has 0 radical (unpaired) electrons. The van der Waals surface area contributed by atoms with Gasteiger partial charge in [-0.3, -0.25) is 14.5 Å². The molecule has 1 amide bonds. The SMILES string of the molecule is C/C(=C/Cl)CN1C(=O)C(=O)c2cccc(Br)c21. The molecule has 1 aromatic rings.